The number of hydrogen-bond donors (Lipinski definition) is 0. The molecule has 4 aliphatic rings. The fourth-order valence-corrected chi connectivity index (χ4v) is 8.40. The van der Waals surface area contributed by atoms with Gasteiger partial charge in [0, 0.05) is 13.3 Å². The van der Waals surface area contributed by atoms with Crippen molar-refractivity contribution < 1.29 is 9.53 Å². The summed E-state index contributed by atoms with van der Waals surface area (Å²) in [5.41, 5.74) is 2.45. The van der Waals surface area contributed by atoms with Crippen LogP contribution in [0.1, 0.15) is 92.9 Å². The van der Waals surface area contributed by atoms with E-state index in [0.717, 1.165) is 36.5 Å². The predicted octanol–water partition coefficient (Wildman–Crippen LogP) is 7.35. The molecule has 0 unspecified atom stereocenters. The lowest BCUT2D eigenvalue weighted by Crippen LogP contribution is -2.51. The van der Waals surface area contributed by atoms with E-state index in [9.17, 15) is 4.79 Å². The molecule has 2 nitrogen and oxygen atoms in total. The molecule has 30 heavy (non-hydrogen) atoms. The minimum Gasteiger partial charge on any atom is -0.462 e. The molecular weight excluding hydrogens is 368 g/mol. The molecule has 3 fully saturated rings. The maximum atomic E-state index is 11.5. The van der Waals surface area contributed by atoms with Crippen molar-refractivity contribution in [1.29, 1.82) is 0 Å². The molecule has 4 aliphatic carbocycles. The van der Waals surface area contributed by atoms with E-state index in [1.54, 1.807) is 12.5 Å². The summed E-state index contributed by atoms with van der Waals surface area (Å²) in [6.07, 6.45) is 17.7. The van der Waals surface area contributed by atoms with Crippen molar-refractivity contribution in [2.24, 2.45) is 46.3 Å². The predicted molar refractivity (Wildman–Crippen MR) is 124 cm³/mol. The molecular formula is C28H44O2. The van der Waals surface area contributed by atoms with Crippen molar-refractivity contribution in [3.63, 3.8) is 0 Å². The Hall–Kier alpha value is -1.05. The van der Waals surface area contributed by atoms with Crippen LogP contribution >= 0.6 is 0 Å². The van der Waals surface area contributed by atoms with Gasteiger partial charge in [-0.25, -0.2) is 0 Å². The maximum absolute atomic E-state index is 11.5. The smallest absolute Gasteiger partial charge is 0.302 e. The lowest BCUT2D eigenvalue weighted by atomic mass is 9.47. The van der Waals surface area contributed by atoms with Gasteiger partial charge in [-0.05, 0) is 91.3 Å². The minimum absolute atomic E-state index is 0.108. The molecule has 4 rings (SSSR count). The van der Waals surface area contributed by atoms with E-state index in [2.05, 4.69) is 52.8 Å². The first-order valence-electron chi connectivity index (χ1n) is 12.7. The second kappa shape index (κ2) is 8.14. The lowest BCUT2D eigenvalue weighted by molar-refractivity contribution is -0.148. The molecule has 0 N–H and O–H groups in total. The minimum atomic E-state index is -0.121. The third kappa shape index (κ3) is 3.71. The van der Waals surface area contributed by atoms with E-state index in [1.165, 1.54) is 38.5 Å². The summed E-state index contributed by atoms with van der Waals surface area (Å²) < 4.78 is 5.60. The van der Waals surface area contributed by atoms with Gasteiger partial charge in [0.15, 0.2) is 0 Å². The van der Waals surface area contributed by atoms with Crippen LogP contribution in [0.2, 0.25) is 0 Å². The van der Waals surface area contributed by atoms with E-state index in [0.29, 0.717) is 22.7 Å². The van der Waals surface area contributed by atoms with Gasteiger partial charge in [0.05, 0.1) is 0 Å². The molecule has 168 valence electrons. The molecule has 0 bridgehead atoms. The monoisotopic (exact) mass is 412 g/mol. The Kier molecular flexibility index (Phi) is 6.01. The van der Waals surface area contributed by atoms with Crippen molar-refractivity contribution in [2.75, 3.05) is 0 Å². The van der Waals surface area contributed by atoms with Gasteiger partial charge in [0.2, 0.25) is 0 Å². The summed E-state index contributed by atoms with van der Waals surface area (Å²) >= 11 is 0. The Labute approximate surface area is 184 Å². The molecule has 0 saturated heterocycles. The van der Waals surface area contributed by atoms with Crippen LogP contribution in [0.3, 0.4) is 0 Å². The Balaban J connectivity index is 1.53. The van der Waals surface area contributed by atoms with Gasteiger partial charge >= 0.3 is 5.97 Å². The van der Waals surface area contributed by atoms with Crippen LogP contribution in [0.4, 0.5) is 0 Å². The van der Waals surface area contributed by atoms with Crippen LogP contribution in [-0.2, 0) is 9.53 Å². The van der Waals surface area contributed by atoms with Crippen LogP contribution in [0, 0.1) is 46.3 Å². The Morgan fingerprint density at radius 1 is 1.07 bits per heavy atom. The highest BCUT2D eigenvalue weighted by molar-refractivity contribution is 5.66. The number of carbonyl (C=O) groups excluding carboxylic acids is 1. The summed E-state index contributed by atoms with van der Waals surface area (Å²) in [6, 6.07) is 0. The number of hydrogen-bond acceptors (Lipinski definition) is 2. The molecule has 0 aromatic heterocycles. The Morgan fingerprint density at radius 3 is 2.53 bits per heavy atom. The van der Waals surface area contributed by atoms with Crippen LogP contribution in [-0.4, -0.2) is 12.1 Å². The Morgan fingerprint density at radius 2 is 1.83 bits per heavy atom. The van der Waals surface area contributed by atoms with Crippen LogP contribution in [0.5, 0.6) is 0 Å². The Bertz CT molecular complexity index is 718. The summed E-state index contributed by atoms with van der Waals surface area (Å²) in [5, 5.41) is 0. The molecule has 0 aromatic rings. The van der Waals surface area contributed by atoms with Crippen LogP contribution in [0.15, 0.2) is 23.8 Å². The molecule has 0 aromatic carbocycles. The van der Waals surface area contributed by atoms with Crippen molar-refractivity contribution in [2.45, 2.75) is 99.0 Å². The van der Waals surface area contributed by atoms with E-state index >= 15 is 0 Å². The van der Waals surface area contributed by atoms with Gasteiger partial charge < -0.3 is 4.74 Å². The van der Waals surface area contributed by atoms with E-state index in [1.807, 2.05) is 0 Å². The summed E-state index contributed by atoms with van der Waals surface area (Å²) in [7, 11) is 0. The molecule has 3 saturated carbocycles. The zero-order valence-electron chi connectivity index (χ0n) is 20.2. The highest BCUT2D eigenvalue weighted by Gasteiger charge is 2.59. The second-order valence-electron chi connectivity index (χ2n) is 11.9. The van der Waals surface area contributed by atoms with Crippen molar-refractivity contribution in [3.05, 3.63) is 23.8 Å². The van der Waals surface area contributed by atoms with Crippen molar-refractivity contribution in [1.82, 2.24) is 0 Å². The topological polar surface area (TPSA) is 26.3 Å². The van der Waals surface area contributed by atoms with E-state index in [4.69, 9.17) is 4.74 Å². The quantitative estimate of drug-likeness (QED) is 0.356. The molecule has 0 heterocycles. The van der Waals surface area contributed by atoms with Gasteiger partial charge in [-0.3, -0.25) is 4.79 Å². The SMILES string of the molecule is CC(=O)O[C@H]1CC[C@@]2(C)C(=CC[C@@H]3[C@H]2CC[C@]2(C)[C@H]3CC[C@H]2[C@@H](C)C=CC(C)C)C1. The highest BCUT2D eigenvalue weighted by Crippen LogP contribution is 2.67. The molecule has 0 aliphatic heterocycles. The van der Waals surface area contributed by atoms with Gasteiger partial charge in [0.1, 0.15) is 6.10 Å². The van der Waals surface area contributed by atoms with Gasteiger partial charge in [0.25, 0.3) is 0 Å². The number of rotatable bonds is 4. The standard InChI is InChI=1S/C28H44O2/c1-18(2)7-8-19(3)24-11-12-25-23-10-9-21-17-22(30-20(4)29)13-15-27(21,5)26(23)14-16-28(24,25)6/h7-9,18-19,22-26H,10-17H2,1-6H3/t19-,22-,23-,24-,25-,26+,27-,28-/m0/s1. The van der Waals surface area contributed by atoms with Crippen LogP contribution < -0.4 is 0 Å². The van der Waals surface area contributed by atoms with Gasteiger partial charge in [-0.1, -0.05) is 58.4 Å². The second-order valence-corrected chi connectivity index (χ2v) is 11.9. The summed E-state index contributed by atoms with van der Waals surface area (Å²) in [4.78, 5) is 11.5. The molecule has 0 amide bonds. The van der Waals surface area contributed by atoms with Crippen molar-refractivity contribution >= 4 is 5.97 Å². The average Bonchev–Trinajstić information content (AvgIpc) is 3.03. The van der Waals surface area contributed by atoms with E-state index in [-0.39, 0.29) is 12.1 Å². The third-order valence-electron chi connectivity index (χ3n) is 9.90. The average molecular weight is 413 g/mol. The zero-order valence-corrected chi connectivity index (χ0v) is 20.2. The third-order valence-corrected chi connectivity index (χ3v) is 9.90. The van der Waals surface area contributed by atoms with Crippen LogP contribution in [0.25, 0.3) is 0 Å². The molecule has 8 atom stereocenters. The van der Waals surface area contributed by atoms with Gasteiger partial charge in [-0.2, -0.15) is 0 Å². The van der Waals surface area contributed by atoms with Crippen molar-refractivity contribution in [3.8, 4) is 0 Å². The van der Waals surface area contributed by atoms with Gasteiger partial charge in [-0.15, -0.1) is 0 Å². The first-order chi connectivity index (χ1) is 14.1. The summed E-state index contributed by atoms with van der Waals surface area (Å²) in [6.45, 7) is 13.8. The molecule has 0 spiro atoms. The lowest BCUT2D eigenvalue weighted by Gasteiger charge is -2.58. The number of ether oxygens (including phenoxy) is 1. The number of esters is 1. The zero-order chi connectivity index (χ0) is 21.7. The normalized spacial score (nSPS) is 44.2. The highest BCUT2D eigenvalue weighted by atomic mass is 16.5. The molecule has 0 radical (unpaired) electrons. The first kappa shape index (κ1) is 22.2. The van der Waals surface area contributed by atoms with E-state index < -0.39 is 0 Å². The number of allylic oxidation sites excluding steroid dienone is 3. The molecule has 2 heteroatoms. The largest absolute Gasteiger partial charge is 0.462 e. The maximum Gasteiger partial charge on any atom is 0.302 e. The number of fused-ring (bicyclic) bond motifs is 5. The summed E-state index contributed by atoms with van der Waals surface area (Å²) in [5.74, 6) is 4.64. The fourth-order valence-electron chi connectivity index (χ4n) is 8.40. The fraction of sp³-hybridized carbons (Fsp3) is 0.821. The number of carbonyl (C=O) groups is 1. The first-order valence-corrected chi connectivity index (χ1v) is 12.7.